The van der Waals surface area contributed by atoms with Crippen LogP contribution in [0.5, 0.6) is 0 Å². The summed E-state index contributed by atoms with van der Waals surface area (Å²) in [6.45, 7) is 0.641. The van der Waals surface area contributed by atoms with E-state index in [0.29, 0.717) is 18.9 Å². The lowest BCUT2D eigenvalue weighted by Gasteiger charge is -2.18. The molecule has 0 aromatic rings. The summed E-state index contributed by atoms with van der Waals surface area (Å²) in [6.07, 6.45) is 1.63. The monoisotopic (exact) mass is 240 g/mol. The molecule has 2 nitrogen and oxygen atoms in total. The molecular formula is C6H9IO2. The first-order chi connectivity index (χ1) is 4.33. The predicted molar refractivity (Wildman–Crippen MR) is 42.6 cm³/mol. The van der Waals surface area contributed by atoms with Gasteiger partial charge in [0.25, 0.3) is 0 Å². The fraction of sp³-hybridized carbons (Fsp3) is 0.833. The van der Waals surface area contributed by atoms with E-state index < -0.39 is 0 Å². The number of carbonyl (C=O) groups is 1. The molecule has 1 saturated heterocycles. The van der Waals surface area contributed by atoms with Crippen LogP contribution < -0.4 is 0 Å². The second-order valence-electron chi connectivity index (χ2n) is 2.24. The Hall–Kier alpha value is 0.200. The Labute approximate surface area is 68.1 Å². The normalized spacial score (nSPS) is 27.7. The lowest BCUT2D eigenvalue weighted by molar-refractivity contribution is -0.148. The third-order valence-corrected chi connectivity index (χ3v) is 2.70. The van der Waals surface area contributed by atoms with E-state index in [1.54, 1.807) is 0 Å². The average molecular weight is 240 g/mol. The minimum absolute atomic E-state index is 0.0314. The molecule has 1 fully saturated rings. The fourth-order valence-electron chi connectivity index (χ4n) is 0.810. The molecule has 0 aromatic carbocycles. The highest BCUT2D eigenvalue weighted by atomic mass is 127. The number of alkyl halides is 1. The van der Waals surface area contributed by atoms with E-state index in [-0.39, 0.29) is 5.97 Å². The van der Waals surface area contributed by atoms with Gasteiger partial charge >= 0.3 is 5.97 Å². The third-order valence-electron chi connectivity index (χ3n) is 1.45. The molecular weight excluding hydrogens is 231 g/mol. The Morgan fingerprint density at radius 2 is 2.56 bits per heavy atom. The molecule has 0 aromatic heterocycles. The molecule has 52 valence electrons. The van der Waals surface area contributed by atoms with Crippen LogP contribution in [0.25, 0.3) is 0 Å². The summed E-state index contributed by atoms with van der Waals surface area (Å²) in [4.78, 5) is 10.5. The predicted octanol–water partition coefficient (Wildman–Crippen LogP) is 1.37. The van der Waals surface area contributed by atoms with Crippen molar-refractivity contribution in [3.8, 4) is 0 Å². The van der Waals surface area contributed by atoms with Crippen LogP contribution in [0.4, 0.5) is 0 Å². The largest absolute Gasteiger partial charge is 0.465 e. The van der Waals surface area contributed by atoms with E-state index in [1.165, 1.54) is 0 Å². The number of esters is 1. The van der Waals surface area contributed by atoms with E-state index in [0.717, 1.165) is 10.8 Å². The Kier molecular flexibility index (Phi) is 2.75. The van der Waals surface area contributed by atoms with Crippen LogP contribution in [0.3, 0.4) is 0 Å². The van der Waals surface area contributed by atoms with Crippen LogP contribution in [0.1, 0.15) is 12.8 Å². The van der Waals surface area contributed by atoms with Gasteiger partial charge in [-0.3, -0.25) is 4.79 Å². The average Bonchev–Trinajstić information content (AvgIpc) is 1.90. The zero-order valence-corrected chi connectivity index (χ0v) is 7.26. The first kappa shape index (κ1) is 7.31. The summed E-state index contributed by atoms with van der Waals surface area (Å²) in [5.41, 5.74) is 0. The minimum atomic E-state index is -0.0314. The molecule has 0 spiro atoms. The van der Waals surface area contributed by atoms with E-state index in [1.807, 2.05) is 0 Å². The van der Waals surface area contributed by atoms with Gasteiger partial charge in [-0.15, -0.1) is 0 Å². The van der Waals surface area contributed by atoms with Gasteiger partial charge in [-0.2, -0.15) is 0 Å². The van der Waals surface area contributed by atoms with Crippen molar-refractivity contribution in [2.24, 2.45) is 5.92 Å². The van der Waals surface area contributed by atoms with Crippen molar-refractivity contribution in [2.75, 3.05) is 11.0 Å². The second-order valence-corrected chi connectivity index (χ2v) is 3.12. The van der Waals surface area contributed by atoms with Crippen LogP contribution in [0, 0.1) is 5.92 Å². The summed E-state index contributed by atoms with van der Waals surface area (Å²) < 4.78 is 5.94. The zero-order valence-electron chi connectivity index (χ0n) is 5.10. The molecule has 1 atom stereocenters. The lowest BCUT2D eigenvalue weighted by atomic mass is 10.1. The maximum Gasteiger partial charge on any atom is 0.305 e. The summed E-state index contributed by atoms with van der Waals surface area (Å²) in [6, 6.07) is 0. The van der Waals surface area contributed by atoms with E-state index in [2.05, 4.69) is 22.6 Å². The highest BCUT2D eigenvalue weighted by Crippen LogP contribution is 2.16. The standard InChI is InChI=1S/C6H9IO2/c7-3-5-1-2-6(8)9-4-5/h5H,1-4H2. The Balaban J connectivity index is 2.26. The van der Waals surface area contributed by atoms with Crippen molar-refractivity contribution in [3.05, 3.63) is 0 Å². The van der Waals surface area contributed by atoms with Crippen molar-refractivity contribution in [1.82, 2.24) is 0 Å². The van der Waals surface area contributed by atoms with Gasteiger partial charge < -0.3 is 4.74 Å². The van der Waals surface area contributed by atoms with Gasteiger partial charge in [-0.05, 0) is 6.42 Å². The molecule has 1 aliphatic rings. The zero-order chi connectivity index (χ0) is 6.69. The molecule has 0 radical (unpaired) electrons. The quantitative estimate of drug-likeness (QED) is 0.393. The van der Waals surface area contributed by atoms with Gasteiger partial charge in [0.05, 0.1) is 6.61 Å². The van der Waals surface area contributed by atoms with Gasteiger partial charge in [-0.1, -0.05) is 22.6 Å². The number of hydrogen-bond donors (Lipinski definition) is 0. The maximum atomic E-state index is 10.5. The third kappa shape index (κ3) is 2.12. The molecule has 0 bridgehead atoms. The topological polar surface area (TPSA) is 26.3 Å². The van der Waals surface area contributed by atoms with Crippen molar-refractivity contribution >= 4 is 28.6 Å². The van der Waals surface area contributed by atoms with E-state index >= 15 is 0 Å². The molecule has 0 N–H and O–H groups in total. The maximum absolute atomic E-state index is 10.5. The smallest absolute Gasteiger partial charge is 0.305 e. The molecule has 1 unspecified atom stereocenters. The van der Waals surface area contributed by atoms with Crippen LogP contribution >= 0.6 is 22.6 Å². The number of carbonyl (C=O) groups excluding carboxylic acids is 1. The van der Waals surface area contributed by atoms with Crippen LogP contribution in [0.15, 0.2) is 0 Å². The molecule has 0 saturated carbocycles. The Morgan fingerprint density at radius 3 is 3.00 bits per heavy atom. The SMILES string of the molecule is O=C1CCC(CI)CO1. The molecule has 1 heterocycles. The molecule has 0 amide bonds. The molecule has 1 rings (SSSR count). The number of ether oxygens (including phenoxy) is 1. The Morgan fingerprint density at radius 1 is 1.78 bits per heavy atom. The number of halogens is 1. The summed E-state index contributed by atoms with van der Waals surface area (Å²) in [7, 11) is 0. The van der Waals surface area contributed by atoms with Gasteiger partial charge in [0.2, 0.25) is 0 Å². The summed E-state index contributed by atoms with van der Waals surface area (Å²) >= 11 is 2.32. The molecule has 9 heavy (non-hydrogen) atoms. The highest BCUT2D eigenvalue weighted by molar-refractivity contribution is 14.1. The van der Waals surface area contributed by atoms with Gasteiger partial charge in [0.15, 0.2) is 0 Å². The summed E-state index contributed by atoms with van der Waals surface area (Å²) in [5.74, 6) is 0.583. The lowest BCUT2D eigenvalue weighted by Crippen LogP contribution is -2.22. The molecule has 0 aliphatic carbocycles. The van der Waals surface area contributed by atoms with Gasteiger partial charge in [-0.25, -0.2) is 0 Å². The van der Waals surface area contributed by atoms with Crippen molar-refractivity contribution in [2.45, 2.75) is 12.8 Å². The van der Waals surface area contributed by atoms with Crippen molar-refractivity contribution < 1.29 is 9.53 Å². The van der Waals surface area contributed by atoms with Crippen LogP contribution in [0.2, 0.25) is 0 Å². The molecule has 3 heteroatoms. The second kappa shape index (κ2) is 3.39. The van der Waals surface area contributed by atoms with Crippen LogP contribution in [-0.2, 0) is 9.53 Å². The fourth-order valence-corrected chi connectivity index (χ4v) is 1.50. The number of hydrogen-bond acceptors (Lipinski definition) is 2. The number of cyclic esters (lactones) is 1. The number of rotatable bonds is 1. The van der Waals surface area contributed by atoms with Gasteiger partial charge in [0, 0.05) is 16.8 Å². The first-order valence-corrected chi connectivity index (χ1v) is 4.57. The first-order valence-electron chi connectivity index (χ1n) is 3.04. The van der Waals surface area contributed by atoms with E-state index in [9.17, 15) is 4.79 Å². The summed E-state index contributed by atoms with van der Waals surface area (Å²) in [5, 5.41) is 0. The van der Waals surface area contributed by atoms with Crippen molar-refractivity contribution in [3.63, 3.8) is 0 Å². The van der Waals surface area contributed by atoms with Crippen LogP contribution in [-0.4, -0.2) is 17.0 Å². The van der Waals surface area contributed by atoms with Crippen molar-refractivity contribution in [1.29, 1.82) is 0 Å². The highest BCUT2D eigenvalue weighted by Gasteiger charge is 2.17. The minimum Gasteiger partial charge on any atom is -0.465 e. The molecule has 1 aliphatic heterocycles. The van der Waals surface area contributed by atoms with E-state index in [4.69, 9.17) is 4.74 Å². The van der Waals surface area contributed by atoms with Gasteiger partial charge in [0.1, 0.15) is 0 Å². The Bertz CT molecular complexity index is 104.